The summed E-state index contributed by atoms with van der Waals surface area (Å²) < 4.78 is 0. The van der Waals surface area contributed by atoms with Gasteiger partial charge in [0.2, 0.25) is 0 Å². The molecule has 0 bridgehead atoms. The first-order valence-corrected chi connectivity index (χ1v) is 7.34. The summed E-state index contributed by atoms with van der Waals surface area (Å²) in [5.74, 6) is 0.0902. The van der Waals surface area contributed by atoms with E-state index in [4.69, 9.17) is 0 Å². The second kappa shape index (κ2) is 5.60. The molecule has 21 heavy (non-hydrogen) atoms. The SMILES string of the molecule is CN(C)c1ccc(C(=O)N2CCCc3ccccc32)cc1. The number of amides is 1. The third-order valence-corrected chi connectivity index (χ3v) is 3.99. The molecular weight excluding hydrogens is 260 g/mol. The van der Waals surface area contributed by atoms with Gasteiger partial charge in [-0.05, 0) is 48.7 Å². The van der Waals surface area contributed by atoms with Gasteiger partial charge in [-0.3, -0.25) is 4.79 Å². The van der Waals surface area contributed by atoms with E-state index in [-0.39, 0.29) is 5.91 Å². The lowest BCUT2D eigenvalue weighted by Crippen LogP contribution is -2.35. The molecule has 2 aromatic carbocycles. The van der Waals surface area contributed by atoms with Gasteiger partial charge in [0, 0.05) is 37.6 Å². The highest BCUT2D eigenvalue weighted by molar-refractivity contribution is 6.06. The van der Waals surface area contributed by atoms with Crippen molar-refractivity contribution in [3.8, 4) is 0 Å². The van der Waals surface area contributed by atoms with Crippen LogP contribution in [0.3, 0.4) is 0 Å². The molecule has 108 valence electrons. The van der Waals surface area contributed by atoms with Crippen molar-refractivity contribution in [3.05, 3.63) is 59.7 Å². The quantitative estimate of drug-likeness (QED) is 0.842. The zero-order chi connectivity index (χ0) is 14.8. The van der Waals surface area contributed by atoms with E-state index in [1.165, 1.54) is 5.56 Å². The average Bonchev–Trinajstić information content (AvgIpc) is 2.53. The summed E-state index contributed by atoms with van der Waals surface area (Å²) in [6.07, 6.45) is 2.08. The summed E-state index contributed by atoms with van der Waals surface area (Å²) >= 11 is 0. The fraction of sp³-hybridized carbons (Fsp3) is 0.278. The minimum atomic E-state index is 0.0902. The number of rotatable bonds is 2. The van der Waals surface area contributed by atoms with E-state index in [1.807, 2.05) is 66.4 Å². The Labute approximate surface area is 125 Å². The van der Waals surface area contributed by atoms with Crippen LogP contribution in [0.4, 0.5) is 11.4 Å². The second-order valence-electron chi connectivity index (χ2n) is 5.63. The molecule has 0 spiro atoms. The van der Waals surface area contributed by atoms with Crippen LogP contribution in [0.25, 0.3) is 0 Å². The van der Waals surface area contributed by atoms with Gasteiger partial charge in [0.25, 0.3) is 5.91 Å². The highest BCUT2D eigenvalue weighted by Crippen LogP contribution is 2.28. The molecule has 3 rings (SSSR count). The number of carbonyl (C=O) groups excluding carboxylic acids is 1. The van der Waals surface area contributed by atoms with Gasteiger partial charge in [0.05, 0.1) is 0 Å². The van der Waals surface area contributed by atoms with E-state index in [0.29, 0.717) is 0 Å². The Morgan fingerprint density at radius 3 is 2.48 bits per heavy atom. The maximum atomic E-state index is 12.8. The van der Waals surface area contributed by atoms with Crippen LogP contribution in [0.15, 0.2) is 48.5 Å². The molecule has 1 heterocycles. The van der Waals surface area contributed by atoms with Gasteiger partial charge < -0.3 is 9.80 Å². The molecule has 1 aliphatic heterocycles. The Morgan fingerprint density at radius 2 is 1.76 bits per heavy atom. The van der Waals surface area contributed by atoms with Crippen molar-refractivity contribution in [1.29, 1.82) is 0 Å². The Hall–Kier alpha value is -2.29. The first-order chi connectivity index (χ1) is 10.2. The molecule has 0 aromatic heterocycles. The number of hydrogen-bond acceptors (Lipinski definition) is 2. The summed E-state index contributed by atoms with van der Waals surface area (Å²) in [5, 5.41) is 0. The van der Waals surface area contributed by atoms with Crippen LogP contribution in [-0.2, 0) is 6.42 Å². The van der Waals surface area contributed by atoms with Crippen molar-refractivity contribution in [3.63, 3.8) is 0 Å². The van der Waals surface area contributed by atoms with Gasteiger partial charge in [-0.2, -0.15) is 0 Å². The normalized spacial score (nSPS) is 13.7. The maximum absolute atomic E-state index is 12.8. The molecule has 1 aliphatic rings. The predicted octanol–water partition coefficient (Wildman–Crippen LogP) is 3.35. The summed E-state index contributed by atoms with van der Waals surface area (Å²) in [7, 11) is 4.00. The smallest absolute Gasteiger partial charge is 0.258 e. The van der Waals surface area contributed by atoms with Gasteiger partial charge in [-0.15, -0.1) is 0 Å². The van der Waals surface area contributed by atoms with Crippen molar-refractivity contribution in [2.24, 2.45) is 0 Å². The number of carbonyl (C=O) groups is 1. The monoisotopic (exact) mass is 280 g/mol. The van der Waals surface area contributed by atoms with Crippen molar-refractivity contribution in [2.45, 2.75) is 12.8 Å². The van der Waals surface area contributed by atoms with E-state index in [0.717, 1.165) is 36.3 Å². The number of aryl methyl sites for hydroxylation is 1. The third-order valence-electron chi connectivity index (χ3n) is 3.99. The fourth-order valence-corrected chi connectivity index (χ4v) is 2.80. The first kappa shape index (κ1) is 13.7. The van der Waals surface area contributed by atoms with Crippen LogP contribution in [0, 0.1) is 0 Å². The molecular formula is C18H20N2O. The Morgan fingerprint density at radius 1 is 1.05 bits per heavy atom. The number of benzene rings is 2. The Bertz CT molecular complexity index is 647. The van der Waals surface area contributed by atoms with Gasteiger partial charge in [0.15, 0.2) is 0 Å². The van der Waals surface area contributed by atoms with Gasteiger partial charge in [-0.25, -0.2) is 0 Å². The van der Waals surface area contributed by atoms with E-state index in [1.54, 1.807) is 0 Å². The van der Waals surface area contributed by atoms with Crippen LogP contribution >= 0.6 is 0 Å². The molecule has 0 fully saturated rings. The molecule has 0 aliphatic carbocycles. The number of fused-ring (bicyclic) bond motifs is 1. The zero-order valence-corrected chi connectivity index (χ0v) is 12.5. The van der Waals surface area contributed by atoms with Crippen LogP contribution in [0.1, 0.15) is 22.3 Å². The number of para-hydroxylation sites is 1. The molecule has 2 aromatic rings. The lowest BCUT2D eigenvalue weighted by Gasteiger charge is -2.29. The van der Waals surface area contributed by atoms with Crippen molar-refractivity contribution in [1.82, 2.24) is 0 Å². The molecule has 0 atom stereocenters. The predicted molar refractivity (Wildman–Crippen MR) is 87.2 cm³/mol. The molecule has 0 unspecified atom stereocenters. The summed E-state index contributed by atoms with van der Waals surface area (Å²) in [5.41, 5.74) is 4.18. The van der Waals surface area contributed by atoms with Gasteiger partial charge >= 0.3 is 0 Å². The van der Waals surface area contributed by atoms with Crippen molar-refractivity contribution < 1.29 is 4.79 Å². The number of hydrogen-bond donors (Lipinski definition) is 0. The standard InChI is InChI=1S/C18H20N2O/c1-19(2)16-11-9-15(10-12-16)18(21)20-13-5-7-14-6-3-4-8-17(14)20/h3-4,6,8-12H,5,7,13H2,1-2H3. The Balaban J connectivity index is 1.89. The molecule has 3 heteroatoms. The Kier molecular flexibility index (Phi) is 3.65. The van der Waals surface area contributed by atoms with E-state index >= 15 is 0 Å². The zero-order valence-electron chi connectivity index (χ0n) is 12.5. The summed E-state index contributed by atoms with van der Waals surface area (Å²) in [4.78, 5) is 16.7. The average molecular weight is 280 g/mol. The van der Waals surface area contributed by atoms with Gasteiger partial charge in [0.1, 0.15) is 0 Å². The lowest BCUT2D eigenvalue weighted by atomic mass is 10.0. The van der Waals surface area contributed by atoms with Crippen molar-refractivity contribution >= 4 is 17.3 Å². The van der Waals surface area contributed by atoms with Crippen LogP contribution in [-0.4, -0.2) is 26.5 Å². The highest BCUT2D eigenvalue weighted by atomic mass is 16.2. The molecule has 0 saturated heterocycles. The number of nitrogens with zero attached hydrogens (tertiary/aromatic N) is 2. The minimum Gasteiger partial charge on any atom is -0.378 e. The van der Waals surface area contributed by atoms with E-state index < -0.39 is 0 Å². The molecule has 1 amide bonds. The lowest BCUT2D eigenvalue weighted by molar-refractivity contribution is 0.0985. The van der Waals surface area contributed by atoms with Crippen LogP contribution < -0.4 is 9.80 Å². The first-order valence-electron chi connectivity index (χ1n) is 7.34. The summed E-state index contributed by atoms with van der Waals surface area (Å²) in [6.45, 7) is 0.797. The third kappa shape index (κ3) is 2.64. The molecule has 0 radical (unpaired) electrons. The molecule has 3 nitrogen and oxygen atoms in total. The second-order valence-corrected chi connectivity index (χ2v) is 5.63. The molecule has 0 N–H and O–H groups in total. The minimum absolute atomic E-state index is 0.0902. The topological polar surface area (TPSA) is 23.6 Å². The molecule has 0 saturated carbocycles. The highest BCUT2D eigenvalue weighted by Gasteiger charge is 2.23. The van der Waals surface area contributed by atoms with E-state index in [9.17, 15) is 4.79 Å². The van der Waals surface area contributed by atoms with Crippen LogP contribution in [0.5, 0.6) is 0 Å². The number of anilines is 2. The van der Waals surface area contributed by atoms with Gasteiger partial charge in [-0.1, -0.05) is 18.2 Å². The van der Waals surface area contributed by atoms with Crippen molar-refractivity contribution in [2.75, 3.05) is 30.4 Å². The fourth-order valence-electron chi connectivity index (χ4n) is 2.80. The van der Waals surface area contributed by atoms with E-state index in [2.05, 4.69) is 6.07 Å². The van der Waals surface area contributed by atoms with Crippen LogP contribution in [0.2, 0.25) is 0 Å². The largest absolute Gasteiger partial charge is 0.378 e. The summed E-state index contributed by atoms with van der Waals surface area (Å²) in [6, 6.07) is 16.0. The maximum Gasteiger partial charge on any atom is 0.258 e.